The number of imidazole rings is 1. The van der Waals surface area contributed by atoms with Gasteiger partial charge < -0.3 is 9.30 Å². The summed E-state index contributed by atoms with van der Waals surface area (Å²) in [5.41, 5.74) is 2.97. The van der Waals surface area contributed by atoms with Crippen LogP contribution in [-0.2, 0) is 18.3 Å². The third-order valence-corrected chi connectivity index (χ3v) is 4.17. The molecule has 1 fully saturated rings. The molecule has 1 aliphatic heterocycles. The van der Waals surface area contributed by atoms with E-state index in [2.05, 4.69) is 14.6 Å². The molecule has 2 atom stereocenters. The van der Waals surface area contributed by atoms with E-state index in [1.807, 2.05) is 25.6 Å². The molecular formula is C14H21ClN4O. The van der Waals surface area contributed by atoms with Crippen LogP contribution in [0.25, 0.3) is 11.2 Å². The molecule has 1 aliphatic rings. The fourth-order valence-electron chi connectivity index (χ4n) is 3.02. The highest BCUT2D eigenvalue weighted by atomic mass is 35.5. The molecule has 1 saturated heterocycles. The summed E-state index contributed by atoms with van der Waals surface area (Å²) < 4.78 is 9.81. The Hall–Kier alpha value is -1.07. The van der Waals surface area contributed by atoms with Gasteiger partial charge in [-0.15, -0.1) is 11.6 Å². The van der Waals surface area contributed by atoms with Crippen molar-refractivity contribution in [2.75, 3.05) is 6.61 Å². The van der Waals surface area contributed by atoms with Gasteiger partial charge in [-0.2, -0.15) is 5.10 Å². The number of fused-ring (bicyclic) bond motifs is 1. The minimum atomic E-state index is -0.105. The third kappa shape index (κ3) is 2.33. The van der Waals surface area contributed by atoms with Crippen LogP contribution in [0, 0.1) is 6.92 Å². The first-order valence-corrected chi connectivity index (χ1v) is 7.67. The monoisotopic (exact) mass is 296 g/mol. The molecular weight excluding hydrogens is 276 g/mol. The van der Waals surface area contributed by atoms with Crippen LogP contribution in [0.15, 0.2) is 0 Å². The molecule has 0 aromatic carbocycles. The zero-order valence-corrected chi connectivity index (χ0v) is 13.0. The minimum Gasteiger partial charge on any atom is -0.378 e. The number of nitrogens with zero attached hydrogens (tertiary/aromatic N) is 4. The Bertz CT molecular complexity index is 610. The number of hydrogen-bond donors (Lipinski definition) is 0. The minimum absolute atomic E-state index is 0.105. The second-order valence-corrected chi connectivity index (χ2v) is 6.20. The van der Waals surface area contributed by atoms with Crippen molar-refractivity contribution >= 4 is 22.8 Å². The second-order valence-electron chi connectivity index (χ2n) is 5.54. The Balaban J connectivity index is 1.95. The van der Waals surface area contributed by atoms with E-state index in [4.69, 9.17) is 16.3 Å². The molecule has 0 radical (unpaired) electrons. The molecule has 0 bridgehead atoms. The second kappa shape index (κ2) is 5.37. The Labute approximate surface area is 123 Å². The maximum atomic E-state index is 6.29. The molecule has 20 heavy (non-hydrogen) atoms. The van der Waals surface area contributed by atoms with Crippen molar-refractivity contribution in [3.8, 4) is 0 Å². The summed E-state index contributed by atoms with van der Waals surface area (Å²) in [7, 11) is 1.96. The number of ether oxygens (including phenoxy) is 1. The summed E-state index contributed by atoms with van der Waals surface area (Å²) in [6.45, 7) is 5.73. The third-order valence-electron chi connectivity index (χ3n) is 3.97. The summed E-state index contributed by atoms with van der Waals surface area (Å²) in [6, 6.07) is 0. The Morgan fingerprint density at radius 1 is 1.50 bits per heavy atom. The van der Waals surface area contributed by atoms with E-state index in [-0.39, 0.29) is 5.38 Å². The summed E-state index contributed by atoms with van der Waals surface area (Å²) in [6.07, 6.45) is 3.72. The summed E-state index contributed by atoms with van der Waals surface area (Å²) >= 11 is 6.29. The van der Waals surface area contributed by atoms with Crippen LogP contribution in [0.4, 0.5) is 0 Å². The lowest BCUT2D eigenvalue weighted by Crippen LogP contribution is -2.14. The maximum absolute atomic E-state index is 6.29. The van der Waals surface area contributed by atoms with Crippen molar-refractivity contribution in [3.63, 3.8) is 0 Å². The van der Waals surface area contributed by atoms with Crippen LogP contribution in [0.1, 0.15) is 43.1 Å². The molecule has 0 amide bonds. The number of alkyl halides is 1. The van der Waals surface area contributed by atoms with Gasteiger partial charge in [0, 0.05) is 20.2 Å². The van der Waals surface area contributed by atoms with Gasteiger partial charge in [0.15, 0.2) is 5.65 Å². The molecule has 5 nitrogen and oxygen atoms in total. The molecule has 2 aromatic rings. The highest BCUT2D eigenvalue weighted by Crippen LogP contribution is 2.27. The van der Waals surface area contributed by atoms with Crippen molar-refractivity contribution in [1.82, 2.24) is 19.3 Å². The topological polar surface area (TPSA) is 44.9 Å². The van der Waals surface area contributed by atoms with Crippen LogP contribution >= 0.6 is 11.6 Å². The van der Waals surface area contributed by atoms with Crippen LogP contribution in [0.3, 0.4) is 0 Å². The lowest BCUT2D eigenvalue weighted by Gasteiger charge is -2.14. The number of hydrogen-bond acceptors (Lipinski definition) is 3. The average molecular weight is 297 g/mol. The lowest BCUT2D eigenvalue weighted by atomic mass is 10.2. The van der Waals surface area contributed by atoms with Crippen molar-refractivity contribution in [2.45, 2.75) is 51.1 Å². The largest absolute Gasteiger partial charge is 0.378 e. The molecule has 0 spiro atoms. The Morgan fingerprint density at radius 3 is 2.95 bits per heavy atom. The number of aromatic nitrogens is 4. The molecule has 6 heteroatoms. The van der Waals surface area contributed by atoms with E-state index in [1.54, 1.807) is 0 Å². The van der Waals surface area contributed by atoms with E-state index in [1.165, 1.54) is 6.42 Å². The molecule has 0 saturated carbocycles. The van der Waals surface area contributed by atoms with E-state index in [0.717, 1.165) is 48.7 Å². The molecule has 110 valence electrons. The molecule has 2 unspecified atom stereocenters. The summed E-state index contributed by atoms with van der Waals surface area (Å²) in [4.78, 5) is 4.68. The molecule has 2 aromatic heterocycles. The first kappa shape index (κ1) is 13.9. The first-order valence-electron chi connectivity index (χ1n) is 7.23. The van der Waals surface area contributed by atoms with Crippen molar-refractivity contribution in [3.05, 3.63) is 11.5 Å². The SMILES string of the molecule is Cc1nn(C)c2c1nc(C(C)Cl)n2CCC1CCCO1. The van der Waals surface area contributed by atoms with Crippen molar-refractivity contribution in [2.24, 2.45) is 7.05 Å². The van der Waals surface area contributed by atoms with Crippen LogP contribution < -0.4 is 0 Å². The summed E-state index contributed by atoms with van der Waals surface area (Å²) in [5, 5.41) is 4.34. The highest BCUT2D eigenvalue weighted by Gasteiger charge is 2.22. The number of halogens is 1. The van der Waals surface area contributed by atoms with Crippen molar-refractivity contribution in [1.29, 1.82) is 0 Å². The standard InChI is InChI=1S/C14H21ClN4O/c1-9(15)13-16-12-10(2)17-18(3)14(12)19(13)7-6-11-5-4-8-20-11/h9,11H,4-8H2,1-3H3. The lowest BCUT2D eigenvalue weighted by molar-refractivity contribution is 0.100. The van der Waals surface area contributed by atoms with Gasteiger partial charge in [0.05, 0.1) is 17.2 Å². The zero-order valence-electron chi connectivity index (χ0n) is 12.3. The van der Waals surface area contributed by atoms with Gasteiger partial charge in [0.1, 0.15) is 11.3 Å². The number of aryl methyl sites for hydroxylation is 3. The first-order chi connectivity index (χ1) is 9.58. The smallest absolute Gasteiger partial charge is 0.158 e. The van der Waals surface area contributed by atoms with Crippen LogP contribution in [0.2, 0.25) is 0 Å². The fraction of sp³-hybridized carbons (Fsp3) is 0.714. The molecule has 0 N–H and O–H groups in total. The van der Waals surface area contributed by atoms with E-state index in [9.17, 15) is 0 Å². The quantitative estimate of drug-likeness (QED) is 0.815. The molecule has 3 rings (SSSR count). The zero-order chi connectivity index (χ0) is 14.3. The van der Waals surface area contributed by atoms with E-state index >= 15 is 0 Å². The maximum Gasteiger partial charge on any atom is 0.158 e. The predicted molar refractivity (Wildman–Crippen MR) is 79.1 cm³/mol. The van der Waals surface area contributed by atoms with Gasteiger partial charge in [-0.3, -0.25) is 4.68 Å². The number of rotatable bonds is 4. The fourth-order valence-corrected chi connectivity index (χ4v) is 3.19. The average Bonchev–Trinajstić information content (AvgIpc) is 3.07. The Kier molecular flexibility index (Phi) is 3.73. The molecule has 3 heterocycles. The van der Waals surface area contributed by atoms with Gasteiger partial charge in [-0.1, -0.05) is 0 Å². The predicted octanol–water partition coefficient (Wildman–Crippen LogP) is 2.95. The van der Waals surface area contributed by atoms with Gasteiger partial charge >= 0.3 is 0 Å². The van der Waals surface area contributed by atoms with Crippen LogP contribution in [-0.4, -0.2) is 32.0 Å². The van der Waals surface area contributed by atoms with Gasteiger partial charge in [-0.05, 0) is 33.1 Å². The van der Waals surface area contributed by atoms with Crippen LogP contribution in [0.5, 0.6) is 0 Å². The Morgan fingerprint density at radius 2 is 2.30 bits per heavy atom. The van der Waals surface area contributed by atoms with Crippen molar-refractivity contribution < 1.29 is 4.74 Å². The van der Waals surface area contributed by atoms with Gasteiger partial charge in [0.25, 0.3) is 0 Å². The van der Waals surface area contributed by atoms with Gasteiger partial charge in [0.2, 0.25) is 0 Å². The normalized spacial score (nSPS) is 20.9. The molecule has 0 aliphatic carbocycles. The van der Waals surface area contributed by atoms with Gasteiger partial charge in [-0.25, -0.2) is 4.98 Å². The highest BCUT2D eigenvalue weighted by molar-refractivity contribution is 6.20. The van der Waals surface area contributed by atoms with E-state index < -0.39 is 0 Å². The summed E-state index contributed by atoms with van der Waals surface area (Å²) in [5.74, 6) is 0.927. The van der Waals surface area contributed by atoms with E-state index in [0.29, 0.717) is 6.10 Å².